The van der Waals surface area contributed by atoms with Crippen LogP contribution in [0.5, 0.6) is 0 Å². The van der Waals surface area contributed by atoms with E-state index in [1.54, 1.807) is 19.9 Å². The van der Waals surface area contributed by atoms with Gasteiger partial charge in [-0.15, -0.1) is 0 Å². The van der Waals surface area contributed by atoms with Gasteiger partial charge in [0.15, 0.2) is 0 Å². The summed E-state index contributed by atoms with van der Waals surface area (Å²) in [4.78, 5) is 33.6. The molecule has 0 unspecified atom stereocenters. The van der Waals surface area contributed by atoms with Crippen molar-refractivity contribution in [1.29, 1.82) is 5.26 Å². The van der Waals surface area contributed by atoms with Gasteiger partial charge in [-0.2, -0.15) is 5.26 Å². The molecule has 0 spiro atoms. The molecule has 1 amide bonds. The van der Waals surface area contributed by atoms with E-state index in [-0.39, 0.29) is 23.0 Å². The zero-order valence-electron chi connectivity index (χ0n) is 12.6. The summed E-state index contributed by atoms with van der Waals surface area (Å²) in [6.45, 7) is 3.80. The number of amides is 1. The number of esters is 2. The molecule has 2 N–H and O–H groups in total. The molecule has 0 aliphatic rings. The van der Waals surface area contributed by atoms with E-state index < -0.39 is 17.8 Å². The summed E-state index contributed by atoms with van der Waals surface area (Å²) in [6.07, 6.45) is 2.31. The third kappa shape index (κ3) is 9.44. The Morgan fingerprint density at radius 3 is 1.78 bits per heavy atom. The molecule has 0 aromatic rings. The zero-order valence-corrected chi connectivity index (χ0v) is 14.2. The molecule has 0 aliphatic heterocycles. The quantitative estimate of drug-likeness (QED) is 0.377. The van der Waals surface area contributed by atoms with Crippen LogP contribution in [0.4, 0.5) is 0 Å². The van der Waals surface area contributed by atoms with Gasteiger partial charge in [-0.1, -0.05) is 23.5 Å². The minimum atomic E-state index is -0.906. The van der Waals surface area contributed by atoms with Crippen LogP contribution in [0.3, 0.4) is 0 Å². The normalized spacial score (nSPS) is 10.3. The van der Waals surface area contributed by atoms with E-state index in [2.05, 4.69) is 0 Å². The standard InChI is InChI=1S/C14H16N2O5S2/c1-3-20-11(17)5-7-22-14(10(9-15)13(16)19)23-8-6-12(18)21-4-2/h5-8H,3-4H2,1-2H3,(H2,16,19)/b7-5+,8-6+. The van der Waals surface area contributed by atoms with E-state index in [9.17, 15) is 14.4 Å². The van der Waals surface area contributed by atoms with Gasteiger partial charge in [0, 0.05) is 12.2 Å². The number of nitriles is 1. The Morgan fingerprint density at radius 2 is 1.48 bits per heavy atom. The monoisotopic (exact) mass is 356 g/mol. The van der Waals surface area contributed by atoms with Crippen LogP contribution in [0.1, 0.15) is 13.8 Å². The Hall–Kier alpha value is -2.18. The molecule has 0 aromatic carbocycles. The van der Waals surface area contributed by atoms with Crippen molar-refractivity contribution in [2.24, 2.45) is 5.73 Å². The fourth-order valence-electron chi connectivity index (χ4n) is 1.03. The largest absolute Gasteiger partial charge is 0.463 e. The van der Waals surface area contributed by atoms with Crippen LogP contribution in [-0.2, 0) is 23.9 Å². The molecule has 0 aromatic heterocycles. The van der Waals surface area contributed by atoms with Gasteiger partial charge >= 0.3 is 11.9 Å². The summed E-state index contributed by atoms with van der Waals surface area (Å²) in [5, 5.41) is 11.7. The van der Waals surface area contributed by atoms with Crippen molar-refractivity contribution in [2.75, 3.05) is 13.2 Å². The third-order valence-corrected chi connectivity index (χ3v) is 3.85. The summed E-state index contributed by atoms with van der Waals surface area (Å²) in [5.74, 6) is -2.01. The first-order valence-corrected chi connectivity index (χ1v) is 8.16. The number of hydrogen-bond donors (Lipinski definition) is 1. The number of hydrogen-bond acceptors (Lipinski definition) is 8. The van der Waals surface area contributed by atoms with Crippen LogP contribution in [-0.4, -0.2) is 31.1 Å². The lowest BCUT2D eigenvalue weighted by atomic mass is 10.3. The topological polar surface area (TPSA) is 119 Å². The van der Waals surface area contributed by atoms with Gasteiger partial charge in [0.05, 0.1) is 17.5 Å². The zero-order chi connectivity index (χ0) is 17.7. The second kappa shape index (κ2) is 12.4. The van der Waals surface area contributed by atoms with Crippen molar-refractivity contribution in [2.45, 2.75) is 13.8 Å². The Labute approximate surface area is 142 Å². The minimum absolute atomic E-state index is 0.223. The average Bonchev–Trinajstić information content (AvgIpc) is 2.47. The molecule has 0 bridgehead atoms. The summed E-state index contributed by atoms with van der Waals surface area (Å²) < 4.78 is 9.63. The first kappa shape index (κ1) is 20.8. The second-order valence-electron chi connectivity index (χ2n) is 3.48. The Balaban J connectivity index is 5.06. The fourth-order valence-corrected chi connectivity index (χ4v) is 2.72. The molecular weight excluding hydrogens is 340 g/mol. The molecule has 0 saturated carbocycles. The summed E-state index contributed by atoms with van der Waals surface area (Å²) in [7, 11) is 0. The predicted molar refractivity (Wildman–Crippen MR) is 88.6 cm³/mol. The lowest BCUT2D eigenvalue weighted by Crippen LogP contribution is -2.13. The minimum Gasteiger partial charge on any atom is -0.463 e. The van der Waals surface area contributed by atoms with Crippen molar-refractivity contribution in [1.82, 2.24) is 0 Å². The highest BCUT2D eigenvalue weighted by molar-refractivity contribution is 8.24. The van der Waals surface area contributed by atoms with Crippen LogP contribution in [0.2, 0.25) is 0 Å². The van der Waals surface area contributed by atoms with Crippen molar-refractivity contribution < 1.29 is 23.9 Å². The Morgan fingerprint density at radius 1 is 1.04 bits per heavy atom. The highest BCUT2D eigenvalue weighted by Gasteiger charge is 2.12. The number of nitrogens with two attached hydrogens (primary N) is 1. The Kier molecular flexibility index (Phi) is 11.2. The predicted octanol–water partition coefficient (Wildman–Crippen LogP) is 1.83. The van der Waals surface area contributed by atoms with Crippen LogP contribution < -0.4 is 5.73 Å². The summed E-state index contributed by atoms with van der Waals surface area (Å²) in [5.41, 5.74) is 4.85. The van der Waals surface area contributed by atoms with Gasteiger partial charge < -0.3 is 15.2 Å². The molecule has 0 rings (SSSR count). The molecule has 0 atom stereocenters. The molecule has 7 nitrogen and oxygen atoms in total. The van der Waals surface area contributed by atoms with Gasteiger partial charge in [0.25, 0.3) is 5.91 Å². The lowest BCUT2D eigenvalue weighted by Gasteiger charge is -2.02. The van der Waals surface area contributed by atoms with Crippen molar-refractivity contribution in [3.8, 4) is 6.07 Å². The van der Waals surface area contributed by atoms with Gasteiger partial charge in [-0.05, 0) is 24.7 Å². The third-order valence-electron chi connectivity index (χ3n) is 1.89. The summed E-state index contributed by atoms with van der Waals surface area (Å²) >= 11 is 1.87. The van der Waals surface area contributed by atoms with E-state index in [1.807, 2.05) is 0 Å². The highest BCUT2D eigenvalue weighted by Crippen LogP contribution is 2.33. The number of ether oxygens (including phenoxy) is 2. The first-order valence-electron chi connectivity index (χ1n) is 6.40. The van der Waals surface area contributed by atoms with Gasteiger partial charge in [-0.3, -0.25) is 4.79 Å². The average molecular weight is 356 g/mol. The highest BCUT2D eigenvalue weighted by atomic mass is 32.2. The van der Waals surface area contributed by atoms with Gasteiger partial charge in [0.2, 0.25) is 0 Å². The molecule has 0 saturated heterocycles. The number of nitrogens with zero attached hydrogens (tertiary/aromatic N) is 1. The Bertz CT molecular complexity index is 544. The molecule has 0 heterocycles. The van der Waals surface area contributed by atoms with E-state index in [0.29, 0.717) is 0 Å². The van der Waals surface area contributed by atoms with Crippen LogP contribution >= 0.6 is 23.5 Å². The van der Waals surface area contributed by atoms with Crippen molar-refractivity contribution in [3.05, 3.63) is 32.8 Å². The number of thioether (sulfide) groups is 2. The molecule has 124 valence electrons. The molecule has 9 heteroatoms. The molecule has 23 heavy (non-hydrogen) atoms. The van der Waals surface area contributed by atoms with Gasteiger partial charge in [-0.25, -0.2) is 9.59 Å². The number of primary amides is 1. The van der Waals surface area contributed by atoms with Crippen molar-refractivity contribution in [3.63, 3.8) is 0 Å². The number of rotatable bonds is 9. The van der Waals surface area contributed by atoms with Gasteiger partial charge in [0.1, 0.15) is 11.6 Å². The first-order chi connectivity index (χ1) is 11.0. The number of carbonyl (C=O) groups is 3. The van der Waals surface area contributed by atoms with E-state index in [0.717, 1.165) is 35.7 Å². The number of carbonyl (C=O) groups excluding carboxylic acids is 3. The van der Waals surface area contributed by atoms with Crippen LogP contribution in [0, 0.1) is 11.3 Å². The van der Waals surface area contributed by atoms with Crippen LogP contribution in [0.15, 0.2) is 32.8 Å². The molecular formula is C14H16N2O5S2. The lowest BCUT2D eigenvalue weighted by molar-refractivity contribution is -0.138. The van der Waals surface area contributed by atoms with E-state index in [1.165, 1.54) is 10.8 Å². The fraction of sp³-hybridized carbons (Fsp3) is 0.286. The second-order valence-corrected chi connectivity index (χ2v) is 5.57. The molecule has 0 fully saturated rings. The molecule has 0 aliphatic carbocycles. The van der Waals surface area contributed by atoms with Crippen molar-refractivity contribution >= 4 is 41.4 Å². The maximum absolute atomic E-state index is 11.3. The molecule has 0 radical (unpaired) electrons. The smallest absolute Gasteiger partial charge is 0.331 e. The van der Waals surface area contributed by atoms with E-state index >= 15 is 0 Å². The maximum atomic E-state index is 11.3. The maximum Gasteiger partial charge on any atom is 0.331 e. The van der Waals surface area contributed by atoms with E-state index in [4.69, 9.17) is 20.5 Å². The van der Waals surface area contributed by atoms with Crippen LogP contribution in [0.25, 0.3) is 0 Å². The SMILES string of the molecule is CCOC(=O)/C=C/SC(S/C=C/C(=O)OCC)=C(C#N)C(N)=O. The summed E-state index contributed by atoms with van der Waals surface area (Å²) in [6, 6.07) is 1.69.